The molecule has 0 aromatic carbocycles. The molecule has 110 valence electrons. The average Bonchev–Trinajstić information content (AvgIpc) is 2.53. The zero-order valence-corrected chi connectivity index (χ0v) is 11.9. The van der Waals surface area contributed by atoms with Crippen LogP contribution in [0.2, 0.25) is 0 Å². The van der Waals surface area contributed by atoms with E-state index in [9.17, 15) is 0 Å². The van der Waals surface area contributed by atoms with Gasteiger partial charge in [-0.25, -0.2) is 5.84 Å². The minimum Gasteiger partial charge on any atom is -0.467 e. The van der Waals surface area contributed by atoms with Crippen molar-refractivity contribution in [2.75, 3.05) is 24.0 Å². The molecule has 1 saturated carbocycles. The summed E-state index contributed by atoms with van der Waals surface area (Å²) in [6.45, 7) is 0.998. The Bertz CT molecular complexity index is 444. The van der Waals surface area contributed by atoms with Crippen molar-refractivity contribution >= 4 is 11.9 Å². The molecule has 0 bridgehead atoms. The predicted octanol–water partition coefficient (Wildman–Crippen LogP) is 1.32. The number of anilines is 2. The standard InChI is InChI=1S/C13H22N6O/c1-20-13-16-11(18-14)15-12(17-13)19-8-4-6-9-5-2-3-7-10(9)19/h9-10H,2-8,14H2,1H3,(H,15,16,17,18). The van der Waals surface area contributed by atoms with E-state index in [4.69, 9.17) is 10.6 Å². The first kappa shape index (κ1) is 13.4. The van der Waals surface area contributed by atoms with Crippen LogP contribution in [0.15, 0.2) is 0 Å². The lowest BCUT2D eigenvalue weighted by Crippen LogP contribution is -2.47. The molecule has 7 heteroatoms. The van der Waals surface area contributed by atoms with Gasteiger partial charge < -0.3 is 9.64 Å². The normalized spacial score (nSPS) is 26.0. The first-order valence-corrected chi connectivity index (χ1v) is 7.35. The van der Waals surface area contributed by atoms with Crippen LogP contribution in [0.25, 0.3) is 0 Å². The average molecular weight is 278 g/mol. The van der Waals surface area contributed by atoms with Crippen LogP contribution in [0.4, 0.5) is 11.9 Å². The van der Waals surface area contributed by atoms with Crippen LogP contribution in [-0.4, -0.2) is 34.6 Å². The van der Waals surface area contributed by atoms with Crippen LogP contribution in [-0.2, 0) is 0 Å². The van der Waals surface area contributed by atoms with Gasteiger partial charge in [-0.15, -0.1) is 0 Å². The molecule has 0 amide bonds. The number of hydrogen-bond donors (Lipinski definition) is 2. The fraction of sp³-hybridized carbons (Fsp3) is 0.769. The van der Waals surface area contributed by atoms with Gasteiger partial charge in [0.2, 0.25) is 11.9 Å². The van der Waals surface area contributed by atoms with E-state index in [0.29, 0.717) is 23.9 Å². The van der Waals surface area contributed by atoms with Gasteiger partial charge in [0.05, 0.1) is 7.11 Å². The maximum absolute atomic E-state index is 5.43. The Hall–Kier alpha value is -1.63. The van der Waals surface area contributed by atoms with Gasteiger partial charge in [-0.2, -0.15) is 15.0 Å². The van der Waals surface area contributed by atoms with Crippen LogP contribution in [0.3, 0.4) is 0 Å². The van der Waals surface area contributed by atoms with Gasteiger partial charge in [-0.3, -0.25) is 5.43 Å². The molecule has 0 radical (unpaired) electrons. The van der Waals surface area contributed by atoms with Crippen molar-refractivity contribution in [2.24, 2.45) is 11.8 Å². The summed E-state index contributed by atoms with van der Waals surface area (Å²) in [5.41, 5.74) is 2.48. The lowest BCUT2D eigenvalue weighted by molar-refractivity contribution is 0.241. The van der Waals surface area contributed by atoms with Crippen LogP contribution in [0.5, 0.6) is 6.01 Å². The minimum absolute atomic E-state index is 0.306. The molecule has 2 fully saturated rings. The Kier molecular flexibility index (Phi) is 3.86. The lowest BCUT2D eigenvalue weighted by atomic mass is 9.78. The smallest absolute Gasteiger partial charge is 0.322 e. The molecule has 3 N–H and O–H groups in total. The number of fused-ring (bicyclic) bond motifs is 1. The van der Waals surface area contributed by atoms with Crippen molar-refractivity contribution in [2.45, 2.75) is 44.6 Å². The summed E-state index contributed by atoms with van der Waals surface area (Å²) >= 11 is 0. The van der Waals surface area contributed by atoms with E-state index in [2.05, 4.69) is 25.3 Å². The molecule has 2 atom stereocenters. The molecule has 1 aromatic rings. The first-order chi connectivity index (χ1) is 9.81. The molecule has 1 aliphatic carbocycles. The van der Waals surface area contributed by atoms with E-state index in [-0.39, 0.29) is 0 Å². The van der Waals surface area contributed by atoms with Crippen LogP contribution >= 0.6 is 0 Å². The fourth-order valence-electron chi connectivity index (χ4n) is 3.50. The monoisotopic (exact) mass is 278 g/mol. The highest BCUT2D eigenvalue weighted by Gasteiger charge is 2.34. The lowest BCUT2D eigenvalue weighted by Gasteiger charge is -2.44. The number of hydrazine groups is 1. The Morgan fingerprint density at radius 3 is 2.75 bits per heavy atom. The summed E-state index contributed by atoms with van der Waals surface area (Å²) in [6, 6.07) is 0.858. The van der Waals surface area contributed by atoms with Gasteiger partial charge in [-0.1, -0.05) is 12.8 Å². The second kappa shape index (κ2) is 5.78. The van der Waals surface area contributed by atoms with Gasteiger partial charge in [0.25, 0.3) is 0 Å². The van der Waals surface area contributed by atoms with E-state index < -0.39 is 0 Å². The van der Waals surface area contributed by atoms with Gasteiger partial charge in [0.15, 0.2) is 0 Å². The summed E-state index contributed by atoms with van der Waals surface area (Å²) in [5.74, 6) is 7.23. The Morgan fingerprint density at radius 2 is 1.95 bits per heavy atom. The number of ether oxygens (including phenoxy) is 1. The van der Waals surface area contributed by atoms with Gasteiger partial charge in [-0.05, 0) is 31.6 Å². The molecule has 1 aliphatic heterocycles. The molecular weight excluding hydrogens is 256 g/mol. The SMILES string of the molecule is COc1nc(NN)nc(N2CCCC3CCCCC32)n1. The van der Waals surface area contributed by atoms with Crippen molar-refractivity contribution < 1.29 is 4.74 Å². The van der Waals surface area contributed by atoms with Crippen molar-refractivity contribution in [3.63, 3.8) is 0 Å². The van der Waals surface area contributed by atoms with E-state index in [1.54, 1.807) is 7.11 Å². The largest absolute Gasteiger partial charge is 0.467 e. The Balaban J connectivity index is 1.90. The molecule has 2 heterocycles. The zero-order chi connectivity index (χ0) is 13.9. The van der Waals surface area contributed by atoms with E-state index in [1.807, 2.05) is 0 Å². The number of nitrogens with zero attached hydrogens (tertiary/aromatic N) is 4. The number of piperidine rings is 1. The molecule has 1 saturated heterocycles. The quantitative estimate of drug-likeness (QED) is 0.636. The summed E-state index contributed by atoms with van der Waals surface area (Å²) < 4.78 is 5.14. The Morgan fingerprint density at radius 1 is 1.15 bits per heavy atom. The fourth-order valence-corrected chi connectivity index (χ4v) is 3.50. The van der Waals surface area contributed by atoms with Gasteiger partial charge in [0, 0.05) is 12.6 Å². The third kappa shape index (κ3) is 2.49. The maximum atomic E-state index is 5.43. The molecule has 1 aromatic heterocycles. The summed E-state index contributed by atoms with van der Waals surface area (Å²) in [6.07, 6.45) is 7.72. The number of rotatable bonds is 3. The molecule has 3 rings (SSSR count). The van der Waals surface area contributed by atoms with Crippen molar-refractivity contribution in [1.82, 2.24) is 15.0 Å². The van der Waals surface area contributed by atoms with Crippen LogP contribution in [0.1, 0.15) is 38.5 Å². The second-order valence-corrected chi connectivity index (χ2v) is 5.54. The highest BCUT2D eigenvalue weighted by atomic mass is 16.5. The van der Waals surface area contributed by atoms with E-state index in [1.165, 1.54) is 38.5 Å². The molecule has 2 unspecified atom stereocenters. The summed E-state index contributed by atoms with van der Waals surface area (Å²) in [5, 5.41) is 0. The van der Waals surface area contributed by atoms with Crippen LogP contribution < -0.4 is 20.9 Å². The summed E-state index contributed by atoms with van der Waals surface area (Å²) in [4.78, 5) is 15.2. The summed E-state index contributed by atoms with van der Waals surface area (Å²) in [7, 11) is 1.55. The molecule has 7 nitrogen and oxygen atoms in total. The highest BCUT2D eigenvalue weighted by Crippen LogP contribution is 2.37. The predicted molar refractivity (Wildman–Crippen MR) is 76.5 cm³/mol. The Labute approximate surface area is 118 Å². The zero-order valence-electron chi connectivity index (χ0n) is 11.9. The van der Waals surface area contributed by atoms with E-state index in [0.717, 1.165) is 12.5 Å². The molecule has 0 spiro atoms. The topological polar surface area (TPSA) is 89.2 Å². The molecule has 2 aliphatic rings. The number of hydrogen-bond acceptors (Lipinski definition) is 7. The number of aromatic nitrogens is 3. The maximum Gasteiger partial charge on any atom is 0.322 e. The van der Waals surface area contributed by atoms with E-state index >= 15 is 0 Å². The van der Waals surface area contributed by atoms with Gasteiger partial charge >= 0.3 is 6.01 Å². The third-order valence-electron chi connectivity index (χ3n) is 4.41. The number of nitrogens with one attached hydrogen (secondary N) is 1. The molecular formula is C13H22N6O. The van der Waals surface area contributed by atoms with Crippen molar-refractivity contribution in [3.05, 3.63) is 0 Å². The number of nitrogens with two attached hydrogens (primary N) is 1. The van der Waals surface area contributed by atoms with Crippen molar-refractivity contribution in [3.8, 4) is 6.01 Å². The van der Waals surface area contributed by atoms with Crippen molar-refractivity contribution in [1.29, 1.82) is 0 Å². The highest BCUT2D eigenvalue weighted by molar-refractivity contribution is 5.39. The number of methoxy groups -OCH3 is 1. The molecule has 20 heavy (non-hydrogen) atoms. The number of nitrogen functional groups attached to an aromatic ring is 1. The van der Waals surface area contributed by atoms with Gasteiger partial charge in [0.1, 0.15) is 0 Å². The first-order valence-electron chi connectivity index (χ1n) is 7.35. The van der Waals surface area contributed by atoms with Crippen LogP contribution in [0, 0.1) is 5.92 Å². The second-order valence-electron chi connectivity index (χ2n) is 5.54. The minimum atomic E-state index is 0.306. The third-order valence-corrected chi connectivity index (χ3v) is 4.41.